The fourth-order valence-electron chi connectivity index (χ4n) is 2.30. The first-order valence-electron chi connectivity index (χ1n) is 6.53. The van der Waals surface area contributed by atoms with Crippen LogP contribution in [0, 0.1) is 11.3 Å². The average Bonchev–Trinajstić information content (AvgIpc) is 2.85. The second-order valence-corrected chi connectivity index (χ2v) is 5.13. The number of unbranched alkanes of at least 4 members (excludes halogenated alkanes) is 1. The summed E-state index contributed by atoms with van der Waals surface area (Å²) in [4.78, 5) is 12.9. The van der Waals surface area contributed by atoms with Crippen LogP contribution in [-0.2, 0) is 9.53 Å². The Balaban J connectivity index is 0.000000317. The van der Waals surface area contributed by atoms with Crippen molar-refractivity contribution in [1.29, 1.82) is 0 Å². The number of ether oxygens (including phenoxy) is 1. The lowest BCUT2D eigenvalue weighted by atomic mass is 9.82. The van der Waals surface area contributed by atoms with E-state index in [1.54, 1.807) is 6.92 Å². The highest BCUT2D eigenvalue weighted by molar-refractivity contribution is 5.73. The van der Waals surface area contributed by atoms with Crippen molar-refractivity contribution in [2.45, 2.75) is 33.6 Å². The SMILES string of the molecule is CC(=O)N1CC2COCC2(CO)C1.CCCC. The van der Waals surface area contributed by atoms with Crippen molar-refractivity contribution >= 4 is 5.91 Å². The molecule has 2 unspecified atom stereocenters. The molecule has 2 heterocycles. The number of fused-ring (bicyclic) bond motifs is 1. The zero-order valence-electron chi connectivity index (χ0n) is 11.2. The molecule has 0 bridgehead atoms. The molecule has 0 spiro atoms. The number of aliphatic hydroxyl groups is 1. The molecule has 1 N–H and O–H groups in total. The number of hydrogen-bond acceptors (Lipinski definition) is 3. The van der Waals surface area contributed by atoms with E-state index >= 15 is 0 Å². The molecular weight excluding hydrogens is 218 g/mol. The van der Waals surface area contributed by atoms with Gasteiger partial charge in [-0.1, -0.05) is 26.7 Å². The Morgan fingerprint density at radius 1 is 1.47 bits per heavy atom. The molecule has 0 aromatic rings. The summed E-state index contributed by atoms with van der Waals surface area (Å²) in [6.45, 7) is 8.75. The average molecular weight is 243 g/mol. The minimum Gasteiger partial charge on any atom is -0.396 e. The first-order valence-corrected chi connectivity index (χ1v) is 6.53. The van der Waals surface area contributed by atoms with Crippen LogP contribution >= 0.6 is 0 Å². The van der Waals surface area contributed by atoms with Crippen molar-refractivity contribution in [2.24, 2.45) is 11.3 Å². The predicted octanol–water partition coefficient (Wildman–Crippen LogP) is 1.28. The van der Waals surface area contributed by atoms with E-state index in [-0.39, 0.29) is 17.9 Å². The number of aliphatic hydroxyl groups excluding tert-OH is 1. The normalized spacial score (nSPS) is 30.8. The number of hydrogen-bond donors (Lipinski definition) is 1. The van der Waals surface area contributed by atoms with Gasteiger partial charge in [0.1, 0.15) is 0 Å². The summed E-state index contributed by atoms with van der Waals surface area (Å²) >= 11 is 0. The van der Waals surface area contributed by atoms with Crippen molar-refractivity contribution in [3.63, 3.8) is 0 Å². The summed E-state index contributed by atoms with van der Waals surface area (Å²) in [5, 5.41) is 9.31. The van der Waals surface area contributed by atoms with Gasteiger partial charge < -0.3 is 14.7 Å². The summed E-state index contributed by atoms with van der Waals surface area (Å²) in [5.74, 6) is 0.434. The van der Waals surface area contributed by atoms with Gasteiger partial charge in [0.25, 0.3) is 0 Å². The Bertz CT molecular complexity index is 255. The molecule has 0 aromatic carbocycles. The van der Waals surface area contributed by atoms with Crippen LogP contribution in [0.15, 0.2) is 0 Å². The molecule has 0 aromatic heterocycles. The van der Waals surface area contributed by atoms with Gasteiger partial charge >= 0.3 is 0 Å². The molecule has 17 heavy (non-hydrogen) atoms. The molecule has 2 fully saturated rings. The van der Waals surface area contributed by atoms with Crippen LogP contribution in [0.25, 0.3) is 0 Å². The Labute approximate surface area is 104 Å². The number of carbonyl (C=O) groups excluding carboxylic acids is 1. The number of rotatable bonds is 2. The van der Waals surface area contributed by atoms with E-state index in [1.165, 1.54) is 12.8 Å². The van der Waals surface area contributed by atoms with Gasteiger partial charge in [-0.05, 0) is 0 Å². The summed E-state index contributed by atoms with van der Waals surface area (Å²) in [6.07, 6.45) is 2.64. The predicted molar refractivity (Wildman–Crippen MR) is 66.7 cm³/mol. The van der Waals surface area contributed by atoms with Gasteiger partial charge in [0.2, 0.25) is 5.91 Å². The lowest BCUT2D eigenvalue weighted by Gasteiger charge is -2.23. The van der Waals surface area contributed by atoms with Gasteiger partial charge in [-0.2, -0.15) is 0 Å². The molecule has 0 radical (unpaired) electrons. The van der Waals surface area contributed by atoms with Gasteiger partial charge in [0.15, 0.2) is 0 Å². The first-order chi connectivity index (χ1) is 8.09. The Morgan fingerprint density at radius 2 is 2.12 bits per heavy atom. The van der Waals surface area contributed by atoms with Gasteiger partial charge in [0, 0.05) is 31.3 Å². The molecule has 2 rings (SSSR count). The first kappa shape index (κ1) is 14.5. The van der Waals surface area contributed by atoms with E-state index in [0.717, 1.165) is 6.54 Å². The van der Waals surface area contributed by atoms with Crippen LogP contribution in [0.5, 0.6) is 0 Å². The van der Waals surface area contributed by atoms with Crippen LogP contribution < -0.4 is 0 Å². The number of nitrogens with zero attached hydrogens (tertiary/aromatic N) is 1. The molecule has 100 valence electrons. The highest BCUT2D eigenvalue weighted by Gasteiger charge is 2.50. The fraction of sp³-hybridized carbons (Fsp3) is 0.923. The fourth-order valence-corrected chi connectivity index (χ4v) is 2.30. The second kappa shape index (κ2) is 6.36. The Morgan fingerprint density at radius 3 is 2.53 bits per heavy atom. The van der Waals surface area contributed by atoms with E-state index in [9.17, 15) is 9.90 Å². The summed E-state index contributed by atoms with van der Waals surface area (Å²) < 4.78 is 5.34. The third-order valence-corrected chi connectivity index (χ3v) is 3.78. The third-order valence-electron chi connectivity index (χ3n) is 3.78. The molecule has 2 atom stereocenters. The monoisotopic (exact) mass is 243 g/mol. The molecule has 2 aliphatic heterocycles. The largest absolute Gasteiger partial charge is 0.396 e. The van der Waals surface area contributed by atoms with Crippen molar-refractivity contribution in [1.82, 2.24) is 4.90 Å². The smallest absolute Gasteiger partial charge is 0.219 e. The Hall–Kier alpha value is -0.610. The summed E-state index contributed by atoms with van der Waals surface area (Å²) in [5.41, 5.74) is -0.161. The maximum atomic E-state index is 11.1. The standard InChI is InChI=1S/C9H15NO3.C4H10/c1-7(12)10-2-8-3-13-6-9(8,4-10)5-11;1-3-4-2/h8,11H,2-6H2,1H3;3-4H2,1-2H3. The van der Waals surface area contributed by atoms with Gasteiger partial charge in [-0.3, -0.25) is 4.79 Å². The minimum atomic E-state index is -0.161. The lowest BCUT2D eigenvalue weighted by Crippen LogP contribution is -2.35. The molecular formula is C13H25NO3. The summed E-state index contributed by atoms with van der Waals surface area (Å²) in [7, 11) is 0. The highest BCUT2D eigenvalue weighted by Crippen LogP contribution is 2.40. The number of likely N-dealkylation sites (tertiary alicyclic amines) is 1. The third kappa shape index (κ3) is 3.19. The molecule has 4 nitrogen and oxygen atoms in total. The maximum absolute atomic E-state index is 11.1. The van der Waals surface area contributed by atoms with Crippen LogP contribution in [0.3, 0.4) is 0 Å². The number of carbonyl (C=O) groups is 1. The molecule has 2 saturated heterocycles. The lowest BCUT2D eigenvalue weighted by molar-refractivity contribution is -0.128. The van der Waals surface area contributed by atoms with E-state index in [4.69, 9.17) is 4.74 Å². The topological polar surface area (TPSA) is 49.8 Å². The highest BCUT2D eigenvalue weighted by atomic mass is 16.5. The second-order valence-electron chi connectivity index (χ2n) is 5.13. The van der Waals surface area contributed by atoms with Crippen LogP contribution in [0.2, 0.25) is 0 Å². The molecule has 2 aliphatic rings. The van der Waals surface area contributed by atoms with E-state index in [2.05, 4.69) is 13.8 Å². The van der Waals surface area contributed by atoms with Gasteiger partial charge in [0.05, 0.1) is 19.8 Å². The van der Waals surface area contributed by atoms with Crippen LogP contribution in [0.4, 0.5) is 0 Å². The van der Waals surface area contributed by atoms with Crippen molar-refractivity contribution in [3.05, 3.63) is 0 Å². The summed E-state index contributed by atoms with van der Waals surface area (Å²) in [6, 6.07) is 0. The molecule has 0 saturated carbocycles. The Kier molecular flexibility index (Phi) is 5.40. The maximum Gasteiger partial charge on any atom is 0.219 e. The van der Waals surface area contributed by atoms with Crippen LogP contribution in [0.1, 0.15) is 33.6 Å². The van der Waals surface area contributed by atoms with E-state index < -0.39 is 0 Å². The number of amides is 1. The molecule has 4 heteroatoms. The zero-order valence-corrected chi connectivity index (χ0v) is 11.2. The molecule has 0 aliphatic carbocycles. The van der Waals surface area contributed by atoms with Gasteiger partial charge in [-0.25, -0.2) is 0 Å². The van der Waals surface area contributed by atoms with E-state index in [0.29, 0.717) is 25.7 Å². The van der Waals surface area contributed by atoms with Crippen LogP contribution in [-0.4, -0.2) is 48.8 Å². The zero-order chi connectivity index (χ0) is 12.9. The van der Waals surface area contributed by atoms with E-state index in [1.807, 2.05) is 4.90 Å². The quantitative estimate of drug-likeness (QED) is 0.795. The van der Waals surface area contributed by atoms with Crippen molar-refractivity contribution in [3.8, 4) is 0 Å². The minimum absolute atomic E-state index is 0.0993. The van der Waals surface area contributed by atoms with Crippen molar-refractivity contribution in [2.75, 3.05) is 32.9 Å². The van der Waals surface area contributed by atoms with Gasteiger partial charge in [-0.15, -0.1) is 0 Å². The molecule has 1 amide bonds. The van der Waals surface area contributed by atoms with Crippen molar-refractivity contribution < 1.29 is 14.6 Å².